The van der Waals surface area contributed by atoms with E-state index in [0.717, 1.165) is 12.9 Å². The topological polar surface area (TPSA) is 82.0 Å². The van der Waals surface area contributed by atoms with Gasteiger partial charge in [-0.05, 0) is 39.0 Å². The Balaban J connectivity index is 0.00000125. The first-order valence-corrected chi connectivity index (χ1v) is 11.6. The van der Waals surface area contributed by atoms with Crippen LogP contribution in [0, 0.1) is 17.7 Å². The molecule has 1 heterocycles. The lowest BCUT2D eigenvalue weighted by atomic mass is 9.97. The molecule has 1 aliphatic heterocycles. The van der Waals surface area contributed by atoms with Crippen LogP contribution in [0.1, 0.15) is 58.6 Å². The first kappa shape index (κ1) is 27.8. The van der Waals surface area contributed by atoms with E-state index >= 15 is 0 Å². The number of ether oxygens (including phenoxy) is 1. The number of methoxy groups -OCH3 is 1. The first-order chi connectivity index (χ1) is 14.1. The van der Waals surface area contributed by atoms with Crippen molar-refractivity contribution in [3.05, 3.63) is 35.1 Å². The minimum Gasteiger partial charge on any atom is -0.392 e. The molecule has 0 saturated carbocycles. The Bertz CT molecular complexity index is 885. The van der Waals surface area contributed by atoms with Gasteiger partial charge in [-0.15, -0.1) is 5.92 Å². The molecule has 0 aliphatic carbocycles. The molecule has 1 aromatic carbocycles. The first-order valence-electron chi connectivity index (χ1n) is 9.72. The number of nitrogens with zero attached hydrogens (tertiary/aromatic N) is 1. The lowest BCUT2D eigenvalue weighted by molar-refractivity contribution is -0.110. The Morgan fingerprint density at radius 2 is 2.00 bits per heavy atom. The molecule has 8 heteroatoms. The van der Waals surface area contributed by atoms with E-state index in [-0.39, 0.29) is 18.4 Å². The van der Waals surface area contributed by atoms with Crippen molar-refractivity contribution in [2.75, 3.05) is 20.0 Å². The highest BCUT2D eigenvalue weighted by molar-refractivity contribution is 7.92. The molecular weight excluding hydrogens is 409 g/mol. The van der Waals surface area contributed by atoms with E-state index in [4.69, 9.17) is 4.84 Å². The van der Waals surface area contributed by atoms with Crippen molar-refractivity contribution in [1.82, 2.24) is 0 Å². The molecule has 6 nitrogen and oxygen atoms in total. The van der Waals surface area contributed by atoms with E-state index in [9.17, 15) is 17.6 Å². The number of carbonyl (C=O) groups is 1. The maximum absolute atomic E-state index is 14.2. The van der Waals surface area contributed by atoms with Gasteiger partial charge in [-0.2, -0.15) is 0 Å². The molecule has 0 aromatic heterocycles. The number of oxime groups is 1. The quantitative estimate of drug-likeness (QED) is 0.496. The normalized spacial score (nSPS) is 16.8. The summed E-state index contributed by atoms with van der Waals surface area (Å²) in [7, 11) is -1.91. The molecule has 168 valence electrons. The number of carbonyl (C=O) groups excluding carboxylic acids is 1. The highest BCUT2D eigenvalue weighted by atomic mass is 32.2. The van der Waals surface area contributed by atoms with E-state index in [1.54, 1.807) is 26.2 Å². The van der Waals surface area contributed by atoms with E-state index in [0.29, 0.717) is 17.6 Å². The maximum atomic E-state index is 14.2. The van der Waals surface area contributed by atoms with Gasteiger partial charge in [0.25, 0.3) is 0 Å². The fourth-order valence-corrected chi connectivity index (χ4v) is 3.07. The summed E-state index contributed by atoms with van der Waals surface area (Å²) in [6.45, 7) is 9.78. The van der Waals surface area contributed by atoms with E-state index in [2.05, 4.69) is 21.7 Å². The average Bonchev–Trinajstić information content (AvgIpc) is 3.17. The second-order valence-corrected chi connectivity index (χ2v) is 9.00. The van der Waals surface area contributed by atoms with Gasteiger partial charge in [-0.25, -0.2) is 12.8 Å². The summed E-state index contributed by atoms with van der Waals surface area (Å²) in [4.78, 5) is 16.4. The van der Waals surface area contributed by atoms with E-state index < -0.39 is 26.5 Å². The van der Waals surface area contributed by atoms with Crippen LogP contribution in [0.3, 0.4) is 0 Å². The molecular formula is C22H32FNO5S. The standard InChI is InChI=1S/C17H18FNO4S.C3H8O.C2H6/c1-4-5-12-6-7-14(15(18)8-12)16-9-13(23-19-16)10-17(2,11-20)24(3,21)22;1-3-4-2;1-2/h6-8,11,13H,9-10H2,1-3H3;3H2,1-2H3;1-2H3. The molecule has 1 aliphatic rings. The predicted molar refractivity (Wildman–Crippen MR) is 118 cm³/mol. The van der Waals surface area contributed by atoms with E-state index in [1.807, 2.05) is 20.8 Å². The van der Waals surface area contributed by atoms with Crippen LogP contribution in [0.15, 0.2) is 23.4 Å². The van der Waals surface area contributed by atoms with Crippen LogP contribution < -0.4 is 0 Å². The molecule has 0 bridgehead atoms. The van der Waals surface area contributed by atoms with Crippen molar-refractivity contribution in [1.29, 1.82) is 0 Å². The molecule has 2 unspecified atom stereocenters. The predicted octanol–water partition coefficient (Wildman–Crippen LogP) is 3.76. The van der Waals surface area contributed by atoms with Crippen molar-refractivity contribution in [3.8, 4) is 11.8 Å². The van der Waals surface area contributed by atoms with Gasteiger partial charge in [0.15, 0.2) is 9.84 Å². The molecule has 0 radical (unpaired) electrons. The summed E-state index contributed by atoms with van der Waals surface area (Å²) >= 11 is 0. The second-order valence-electron chi connectivity index (χ2n) is 6.52. The van der Waals surface area contributed by atoms with Crippen molar-refractivity contribution in [3.63, 3.8) is 0 Å². The van der Waals surface area contributed by atoms with E-state index in [1.165, 1.54) is 13.0 Å². The van der Waals surface area contributed by atoms with Gasteiger partial charge >= 0.3 is 0 Å². The number of hydrogen-bond donors (Lipinski definition) is 0. The fourth-order valence-electron chi connectivity index (χ4n) is 2.41. The highest BCUT2D eigenvalue weighted by Crippen LogP contribution is 2.28. The summed E-state index contributed by atoms with van der Waals surface area (Å²) in [5.41, 5.74) is 1.22. The minimum absolute atomic E-state index is 0.0383. The Morgan fingerprint density at radius 3 is 2.43 bits per heavy atom. The summed E-state index contributed by atoms with van der Waals surface area (Å²) in [6, 6.07) is 4.56. The summed E-state index contributed by atoms with van der Waals surface area (Å²) in [5.74, 6) is 4.98. The minimum atomic E-state index is -3.59. The zero-order valence-corrected chi connectivity index (χ0v) is 19.6. The SMILES string of the molecule is CC.CC#Cc1ccc(C2=NOC(CC(C)(C=O)S(C)(=O)=O)C2)c(F)c1.CCOC. The number of rotatable bonds is 6. The Morgan fingerprint density at radius 1 is 1.40 bits per heavy atom. The van der Waals surface area contributed by atoms with Gasteiger partial charge < -0.3 is 14.4 Å². The molecule has 2 atom stereocenters. The largest absolute Gasteiger partial charge is 0.392 e. The van der Waals surface area contributed by atoms with Crippen molar-refractivity contribution in [2.45, 2.75) is 58.3 Å². The monoisotopic (exact) mass is 441 g/mol. The van der Waals surface area contributed by atoms with Gasteiger partial charge in [-0.3, -0.25) is 0 Å². The zero-order chi connectivity index (χ0) is 23.4. The van der Waals surface area contributed by atoms with Gasteiger partial charge in [0.1, 0.15) is 23.0 Å². The average molecular weight is 442 g/mol. The lowest BCUT2D eigenvalue weighted by Crippen LogP contribution is -2.40. The Kier molecular flexibility index (Phi) is 12.2. The van der Waals surface area contributed by atoms with Gasteiger partial charge in [0, 0.05) is 43.9 Å². The van der Waals surface area contributed by atoms with Gasteiger partial charge in [-0.1, -0.05) is 24.9 Å². The number of hydrogen-bond acceptors (Lipinski definition) is 6. The number of benzene rings is 1. The van der Waals surface area contributed by atoms with Gasteiger partial charge in [0.2, 0.25) is 0 Å². The van der Waals surface area contributed by atoms with Crippen LogP contribution in [-0.4, -0.2) is 51.2 Å². The van der Waals surface area contributed by atoms with Crippen LogP contribution in [0.5, 0.6) is 0 Å². The highest BCUT2D eigenvalue weighted by Gasteiger charge is 2.40. The van der Waals surface area contributed by atoms with Crippen LogP contribution in [-0.2, 0) is 24.2 Å². The third kappa shape index (κ3) is 7.88. The van der Waals surface area contributed by atoms with Crippen molar-refractivity contribution in [2.24, 2.45) is 5.16 Å². The fraction of sp³-hybridized carbons (Fsp3) is 0.545. The van der Waals surface area contributed by atoms with Gasteiger partial charge in [0.05, 0.1) is 5.71 Å². The van der Waals surface area contributed by atoms with Crippen LogP contribution in [0.25, 0.3) is 0 Å². The zero-order valence-electron chi connectivity index (χ0n) is 18.8. The molecule has 0 amide bonds. The maximum Gasteiger partial charge on any atom is 0.159 e. The Labute approximate surface area is 179 Å². The lowest BCUT2D eigenvalue weighted by Gasteiger charge is -2.23. The molecule has 1 aromatic rings. The molecule has 0 N–H and O–H groups in total. The molecule has 0 spiro atoms. The summed E-state index contributed by atoms with van der Waals surface area (Å²) in [6.07, 6.45) is 1.01. The molecule has 0 saturated heterocycles. The number of sulfone groups is 1. The van der Waals surface area contributed by atoms with Crippen LogP contribution in [0.2, 0.25) is 0 Å². The smallest absolute Gasteiger partial charge is 0.159 e. The second kappa shape index (κ2) is 13.1. The molecule has 30 heavy (non-hydrogen) atoms. The van der Waals surface area contributed by atoms with Crippen molar-refractivity contribution < 1.29 is 27.2 Å². The van der Waals surface area contributed by atoms with Crippen LogP contribution in [0.4, 0.5) is 4.39 Å². The molecule has 0 fully saturated rings. The molecule has 2 rings (SSSR count). The number of aldehydes is 1. The third-order valence-electron chi connectivity index (χ3n) is 4.30. The number of halogens is 1. The summed E-state index contributed by atoms with van der Waals surface area (Å²) < 4.78 is 40.7. The van der Waals surface area contributed by atoms with Crippen LogP contribution >= 0.6 is 0 Å². The van der Waals surface area contributed by atoms with Crippen molar-refractivity contribution >= 4 is 21.8 Å². The summed E-state index contributed by atoms with van der Waals surface area (Å²) in [5, 5.41) is 3.85. The third-order valence-corrected chi connectivity index (χ3v) is 6.26. The Hall–Kier alpha value is -2.24.